The van der Waals surface area contributed by atoms with E-state index in [1.54, 1.807) is 12.1 Å². The van der Waals surface area contributed by atoms with E-state index in [0.29, 0.717) is 0 Å². The third-order valence-electron chi connectivity index (χ3n) is 3.77. The highest BCUT2D eigenvalue weighted by molar-refractivity contribution is 6.74. The lowest BCUT2D eigenvalue weighted by atomic mass is 10.1. The maximum atomic E-state index is 13.1. The summed E-state index contributed by atoms with van der Waals surface area (Å²) in [4.78, 5) is 0. The van der Waals surface area contributed by atoms with Crippen LogP contribution in [0, 0.1) is 5.82 Å². The van der Waals surface area contributed by atoms with E-state index in [4.69, 9.17) is 10.2 Å². The SMILES string of the molecule is C[C@H](O[Si](C)(C)C(C)(C)C)c1ccc(F)c(N)c1. The van der Waals surface area contributed by atoms with E-state index in [1.807, 2.05) is 6.92 Å². The summed E-state index contributed by atoms with van der Waals surface area (Å²) in [7, 11) is -1.82. The average molecular weight is 269 g/mol. The largest absolute Gasteiger partial charge is 0.410 e. The molecule has 1 aromatic rings. The van der Waals surface area contributed by atoms with Crippen LogP contribution in [0.25, 0.3) is 0 Å². The minimum Gasteiger partial charge on any atom is -0.410 e. The monoisotopic (exact) mass is 269 g/mol. The molecule has 0 radical (unpaired) electrons. The Balaban J connectivity index is 2.89. The fourth-order valence-corrected chi connectivity index (χ4v) is 2.88. The zero-order chi connectivity index (χ0) is 14.1. The lowest BCUT2D eigenvalue weighted by Crippen LogP contribution is -2.41. The Hall–Kier alpha value is -0.873. The first-order valence-corrected chi connectivity index (χ1v) is 9.18. The summed E-state index contributed by atoms with van der Waals surface area (Å²) in [6.07, 6.45) is -0.0613. The van der Waals surface area contributed by atoms with Crippen LogP contribution in [-0.2, 0) is 4.43 Å². The van der Waals surface area contributed by atoms with Crippen molar-refractivity contribution < 1.29 is 8.82 Å². The third-order valence-corrected chi connectivity index (χ3v) is 8.32. The van der Waals surface area contributed by atoms with Crippen molar-refractivity contribution in [2.75, 3.05) is 5.73 Å². The van der Waals surface area contributed by atoms with E-state index >= 15 is 0 Å². The van der Waals surface area contributed by atoms with Crippen molar-refractivity contribution in [3.63, 3.8) is 0 Å². The van der Waals surface area contributed by atoms with Gasteiger partial charge in [0.25, 0.3) is 0 Å². The van der Waals surface area contributed by atoms with Crippen LogP contribution in [0.4, 0.5) is 10.1 Å². The summed E-state index contributed by atoms with van der Waals surface area (Å²) in [6.45, 7) is 13.0. The predicted molar refractivity (Wildman–Crippen MR) is 77.5 cm³/mol. The Bertz CT molecular complexity index is 426. The molecule has 4 heteroatoms. The molecule has 18 heavy (non-hydrogen) atoms. The van der Waals surface area contributed by atoms with Gasteiger partial charge in [-0.2, -0.15) is 0 Å². The van der Waals surface area contributed by atoms with Gasteiger partial charge >= 0.3 is 0 Å². The number of rotatable bonds is 3. The Morgan fingerprint density at radius 1 is 1.28 bits per heavy atom. The molecular formula is C14H24FNOSi. The molecule has 0 aliphatic carbocycles. The van der Waals surface area contributed by atoms with Crippen molar-refractivity contribution in [3.05, 3.63) is 29.6 Å². The molecule has 102 valence electrons. The number of nitrogens with two attached hydrogens (primary N) is 1. The number of benzene rings is 1. The smallest absolute Gasteiger partial charge is 0.192 e. The number of hydrogen-bond acceptors (Lipinski definition) is 2. The fourth-order valence-electron chi connectivity index (χ4n) is 1.50. The second-order valence-electron chi connectivity index (χ2n) is 6.30. The zero-order valence-corrected chi connectivity index (χ0v) is 13.2. The van der Waals surface area contributed by atoms with Gasteiger partial charge in [0.15, 0.2) is 8.32 Å². The molecule has 0 bridgehead atoms. The fraction of sp³-hybridized carbons (Fsp3) is 0.571. The minimum absolute atomic E-state index is 0.0613. The Morgan fingerprint density at radius 2 is 1.83 bits per heavy atom. The molecule has 2 nitrogen and oxygen atoms in total. The van der Waals surface area contributed by atoms with Crippen molar-refractivity contribution in [2.45, 2.75) is 51.9 Å². The first kappa shape index (κ1) is 15.2. The van der Waals surface area contributed by atoms with Gasteiger partial charge in [-0.1, -0.05) is 26.8 Å². The summed E-state index contributed by atoms with van der Waals surface area (Å²) >= 11 is 0. The first-order valence-electron chi connectivity index (χ1n) is 6.27. The van der Waals surface area contributed by atoms with Gasteiger partial charge in [0.05, 0.1) is 11.8 Å². The molecule has 2 N–H and O–H groups in total. The van der Waals surface area contributed by atoms with Crippen molar-refractivity contribution in [3.8, 4) is 0 Å². The van der Waals surface area contributed by atoms with E-state index in [2.05, 4.69) is 33.9 Å². The standard InChI is InChI=1S/C14H24FNOSi/c1-10(17-18(5,6)14(2,3)4)11-7-8-12(15)13(16)9-11/h7-10H,16H2,1-6H3/t10-/m0/s1. The lowest BCUT2D eigenvalue weighted by Gasteiger charge is -2.38. The van der Waals surface area contributed by atoms with E-state index < -0.39 is 8.32 Å². The summed E-state index contributed by atoms with van der Waals surface area (Å²) in [5.74, 6) is -0.377. The second-order valence-corrected chi connectivity index (χ2v) is 11.1. The van der Waals surface area contributed by atoms with E-state index in [9.17, 15) is 4.39 Å². The van der Waals surface area contributed by atoms with E-state index in [0.717, 1.165) is 5.56 Å². The van der Waals surface area contributed by atoms with Crippen molar-refractivity contribution in [1.82, 2.24) is 0 Å². The van der Waals surface area contributed by atoms with Crippen LogP contribution in [0.3, 0.4) is 0 Å². The Labute approximate surface area is 110 Å². The van der Waals surface area contributed by atoms with Crippen LogP contribution in [0.15, 0.2) is 18.2 Å². The molecule has 0 saturated heterocycles. The molecule has 1 atom stereocenters. The highest BCUT2D eigenvalue weighted by atomic mass is 28.4. The van der Waals surface area contributed by atoms with Gasteiger partial charge < -0.3 is 10.2 Å². The van der Waals surface area contributed by atoms with Gasteiger partial charge in [-0.25, -0.2) is 4.39 Å². The van der Waals surface area contributed by atoms with Gasteiger partial charge in [-0.05, 0) is 42.8 Å². The summed E-state index contributed by atoms with van der Waals surface area (Å²) in [5.41, 5.74) is 6.70. The van der Waals surface area contributed by atoms with Crippen LogP contribution >= 0.6 is 0 Å². The molecular weight excluding hydrogens is 245 g/mol. The molecule has 0 amide bonds. The second kappa shape index (κ2) is 5.01. The Morgan fingerprint density at radius 3 is 2.28 bits per heavy atom. The normalized spacial score (nSPS) is 14.6. The quantitative estimate of drug-likeness (QED) is 0.648. The van der Waals surface area contributed by atoms with Crippen LogP contribution < -0.4 is 5.73 Å². The molecule has 0 saturated carbocycles. The van der Waals surface area contributed by atoms with Crippen molar-refractivity contribution in [1.29, 1.82) is 0 Å². The summed E-state index contributed by atoms with van der Waals surface area (Å²) in [6, 6.07) is 4.80. The highest BCUT2D eigenvalue weighted by Gasteiger charge is 2.38. The van der Waals surface area contributed by atoms with Crippen molar-refractivity contribution in [2.24, 2.45) is 0 Å². The topological polar surface area (TPSA) is 35.2 Å². The highest BCUT2D eigenvalue weighted by Crippen LogP contribution is 2.39. The number of anilines is 1. The van der Waals surface area contributed by atoms with Gasteiger partial charge in [0.1, 0.15) is 5.82 Å². The van der Waals surface area contributed by atoms with Gasteiger partial charge in [-0.3, -0.25) is 0 Å². The molecule has 1 rings (SSSR count). The molecule has 0 aromatic heterocycles. The van der Waals surface area contributed by atoms with E-state index in [-0.39, 0.29) is 22.6 Å². The van der Waals surface area contributed by atoms with Crippen LogP contribution in [0.1, 0.15) is 39.4 Å². The molecule has 0 spiro atoms. The summed E-state index contributed by atoms with van der Waals surface area (Å²) < 4.78 is 19.4. The summed E-state index contributed by atoms with van der Waals surface area (Å²) in [5, 5.41) is 0.160. The molecule has 0 unspecified atom stereocenters. The molecule has 1 aromatic carbocycles. The van der Waals surface area contributed by atoms with Gasteiger partial charge in [0, 0.05) is 0 Å². The van der Waals surface area contributed by atoms with Crippen LogP contribution in [0.2, 0.25) is 18.1 Å². The molecule has 0 aliphatic heterocycles. The zero-order valence-electron chi connectivity index (χ0n) is 12.2. The number of hydrogen-bond donors (Lipinski definition) is 1. The van der Waals surface area contributed by atoms with Crippen LogP contribution in [-0.4, -0.2) is 8.32 Å². The maximum absolute atomic E-state index is 13.1. The maximum Gasteiger partial charge on any atom is 0.192 e. The number of halogens is 1. The van der Waals surface area contributed by atoms with Gasteiger partial charge in [-0.15, -0.1) is 0 Å². The average Bonchev–Trinajstić information content (AvgIpc) is 2.19. The van der Waals surface area contributed by atoms with Crippen LogP contribution in [0.5, 0.6) is 0 Å². The lowest BCUT2D eigenvalue weighted by molar-refractivity contribution is 0.203. The first-order chi connectivity index (χ1) is 8.04. The number of nitrogen functional groups attached to an aromatic ring is 1. The van der Waals surface area contributed by atoms with Crippen molar-refractivity contribution >= 4 is 14.0 Å². The molecule has 0 heterocycles. The third kappa shape index (κ3) is 3.33. The molecule has 0 fully saturated rings. The van der Waals surface area contributed by atoms with E-state index in [1.165, 1.54) is 6.07 Å². The predicted octanol–water partition coefficient (Wildman–Crippen LogP) is 4.49. The Kier molecular flexibility index (Phi) is 4.23. The minimum atomic E-state index is -1.82. The molecule has 0 aliphatic rings. The van der Waals surface area contributed by atoms with Gasteiger partial charge in [0.2, 0.25) is 0 Å².